The molecule has 0 aromatic heterocycles. The molecule has 0 bridgehead atoms. The molecule has 2 unspecified atom stereocenters. The summed E-state index contributed by atoms with van der Waals surface area (Å²) in [6.07, 6.45) is 4.19. The van der Waals surface area contributed by atoms with E-state index >= 15 is 0 Å². The van der Waals surface area contributed by atoms with Gasteiger partial charge >= 0.3 is 0 Å². The van der Waals surface area contributed by atoms with Crippen LogP contribution in [0.3, 0.4) is 0 Å². The van der Waals surface area contributed by atoms with Gasteiger partial charge in [-0.2, -0.15) is 0 Å². The fourth-order valence-corrected chi connectivity index (χ4v) is 3.08. The summed E-state index contributed by atoms with van der Waals surface area (Å²) in [5, 5.41) is 3.65. The zero-order chi connectivity index (χ0) is 15.2. The van der Waals surface area contributed by atoms with Crippen LogP contribution in [0.1, 0.15) is 39.5 Å². The second-order valence-corrected chi connectivity index (χ2v) is 6.14. The monoisotopic (exact) mass is 290 g/mol. The number of hydrogen-bond donors (Lipinski definition) is 2. The molecule has 1 aliphatic rings. The number of hydrogen-bond acceptors (Lipinski definition) is 3. The number of anilines is 1. The van der Waals surface area contributed by atoms with Gasteiger partial charge in [0.05, 0.1) is 13.0 Å². The Kier molecular flexibility index (Phi) is 5.48. The van der Waals surface area contributed by atoms with Crippen LogP contribution in [0, 0.1) is 11.8 Å². The Morgan fingerprint density at radius 2 is 1.86 bits per heavy atom. The number of amides is 1. The van der Waals surface area contributed by atoms with Crippen LogP contribution in [-0.2, 0) is 4.79 Å². The molecule has 1 amide bonds. The lowest BCUT2D eigenvalue weighted by Crippen LogP contribution is -2.36. The quantitative estimate of drug-likeness (QED) is 0.845. The summed E-state index contributed by atoms with van der Waals surface area (Å²) in [6.45, 7) is 4.99. The number of nitrogens with two attached hydrogens (primary N) is 1. The normalized spacial score (nSPS) is 25.3. The minimum absolute atomic E-state index is 0.247. The molecule has 4 heteroatoms. The van der Waals surface area contributed by atoms with Crippen molar-refractivity contribution in [2.45, 2.75) is 45.6 Å². The van der Waals surface area contributed by atoms with Crippen molar-refractivity contribution in [3.8, 4) is 5.75 Å². The van der Waals surface area contributed by atoms with E-state index in [-0.39, 0.29) is 12.3 Å². The van der Waals surface area contributed by atoms with Gasteiger partial charge in [0.15, 0.2) is 0 Å². The first kappa shape index (κ1) is 15.7. The summed E-state index contributed by atoms with van der Waals surface area (Å²) < 4.78 is 5.48. The predicted octanol–water partition coefficient (Wildman–Crippen LogP) is 3.18. The zero-order valence-corrected chi connectivity index (χ0v) is 13.0. The molecule has 1 fully saturated rings. The van der Waals surface area contributed by atoms with Crippen molar-refractivity contribution in [2.24, 2.45) is 17.6 Å². The van der Waals surface area contributed by atoms with Gasteiger partial charge in [0, 0.05) is 11.7 Å². The number of carbonyl (C=O) groups excluding carboxylic acids is 1. The van der Waals surface area contributed by atoms with Crippen molar-refractivity contribution >= 4 is 11.6 Å². The Morgan fingerprint density at radius 1 is 1.24 bits per heavy atom. The van der Waals surface area contributed by atoms with Gasteiger partial charge < -0.3 is 15.8 Å². The second-order valence-electron chi connectivity index (χ2n) is 6.14. The maximum Gasteiger partial charge on any atom is 0.220 e. The summed E-state index contributed by atoms with van der Waals surface area (Å²) in [5.74, 6) is 1.85. The molecular formula is C17H26N2O2. The topological polar surface area (TPSA) is 64.3 Å². The molecule has 1 aromatic rings. The highest BCUT2D eigenvalue weighted by Gasteiger charge is 2.27. The summed E-state index contributed by atoms with van der Waals surface area (Å²) in [4.78, 5) is 10.7. The first-order valence-electron chi connectivity index (χ1n) is 7.84. The predicted molar refractivity (Wildman–Crippen MR) is 85.3 cm³/mol. The molecular weight excluding hydrogens is 264 g/mol. The highest BCUT2D eigenvalue weighted by Crippen LogP contribution is 2.31. The summed E-state index contributed by atoms with van der Waals surface area (Å²) in [5.41, 5.74) is 6.21. The third-order valence-corrected chi connectivity index (χ3v) is 4.35. The molecule has 21 heavy (non-hydrogen) atoms. The van der Waals surface area contributed by atoms with Crippen molar-refractivity contribution < 1.29 is 9.53 Å². The molecule has 1 aliphatic carbocycles. The lowest BCUT2D eigenvalue weighted by atomic mass is 9.78. The van der Waals surface area contributed by atoms with Crippen molar-refractivity contribution in [3.05, 3.63) is 24.3 Å². The van der Waals surface area contributed by atoms with Crippen LogP contribution in [-0.4, -0.2) is 18.6 Å². The lowest BCUT2D eigenvalue weighted by Gasteiger charge is -2.35. The molecule has 1 saturated carbocycles. The summed E-state index contributed by atoms with van der Waals surface area (Å²) in [6, 6.07) is 8.48. The molecule has 1 aromatic carbocycles. The van der Waals surface area contributed by atoms with E-state index in [4.69, 9.17) is 10.5 Å². The molecule has 0 heterocycles. The standard InChI is InChI=1S/C17H26N2O2/c1-12-4-3-5-13(2)17(12)19-14-6-8-15(9-7-14)21-11-10-16(18)20/h6-9,12-13,17,19H,3-5,10-11H2,1-2H3,(H2,18,20). The van der Waals surface area contributed by atoms with E-state index in [1.54, 1.807) is 0 Å². The maximum absolute atomic E-state index is 10.7. The number of rotatable bonds is 6. The van der Waals surface area contributed by atoms with E-state index < -0.39 is 0 Å². The number of benzene rings is 1. The Morgan fingerprint density at radius 3 is 2.43 bits per heavy atom. The van der Waals surface area contributed by atoms with E-state index in [9.17, 15) is 4.79 Å². The van der Waals surface area contributed by atoms with E-state index in [2.05, 4.69) is 19.2 Å². The van der Waals surface area contributed by atoms with Gasteiger partial charge in [-0.1, -0.05) is 20.3 Å². The lowest BCUT2D eigenvalue weighted by molar-refractivity contribution is -0.118. The Labute approximate surface area is 127 Å². The fourth-order valence-electron chi connectivity index (χ4n) is 3.08. The molecule has 4 nitrogen and oxygen atoms in total. The smallest absolute Gasteiger partial charge is 0.220 e. The van der Waals surface area contributed by atoms with Gasteiger partial charge in [0.1, 0.15) is 5.75 Å². The van der Waals surface area contributed by atoms with E-state index in [1.807, 2.05) is 24.3 Å². The van der Waals surface area contributed by atoms with Gasteiger partial charge in [0.25, 0.3) is 0 Å². The first-order chi connectivity index (χ1) is 10.1. The van der Waals surface area contributed by atoms with Crippen molar-refractivity contribution in [1.82, 2.24) is 0 Å². The first-order valence-corrected chi connectivity index (χ1v) is 7.84. The molecule has 0 spiro atoms. The van der Waals surface area contributed by atoms with E-state index in [0.29, 0.717) is 24.5 Å². The number of carbonyl (C=O) groups is 1. The minimum Gasteiger partial charge on any atom is -0.493 e. The minimum atomic E-state index is -0.339. The summed E-state index contributed by atoms with van der Waals surface area (Å²) in [7, 11) is 0. The third-order valence-electron chi connectivity index (χ3n) is 4.35. The van der Waals surface area contributed by atoms with Crippen LogP contribution in [0.4, 0.5) is 5.69 Å². The van der Waals surface area contributed by atoms with E-state index in [1.165, 1.54) is 19.3 Å². The number of primary amides is 1. The molecule has 2 atom stereocenters. The molecule has 3 N–H and O–H groups in total. The van der Waals surface area contributed by atoms with Gasteiger partial charge in [-0.15, -0.1) is 0 Å². The fraction of sp³-hybridized carbons (Fsp3) is 0.588. The largest absolute Gasteiger partial charge is 0.493 e. The van der Waals surface area contributed by atoms with Crippen LogP contribution < -0.4 is 15.8 Å². The van der Waals surface area contributed by atoms with Gasteiger partial charge in [-0.25, -0.2) is 0 Å². The molecule has 2 rings (SSSR count). The van der Waals surface area contributed by atoms with Crippen molar-refractivity contribution in [1.29, 1.82) is 0 Å². The van der Waals surface area contributed by atoms with Crippen molar-refractivity contribution in [2.75, 3.05) is 11.9 Å². The molecule has 0 saturated heterocycles. The molecule has 116 valence electrons. The van der Waals surface area contributed by atoms with Gasteiger partial charge in [0.2, 0.25) is 5.91 Å². The van der Waals surface area contributed by atoms with Crippen LogP contribution in [0.15, 0.2) is 24.3 Å². The summed E-state index contributed by atoms with van der Waals surface area (Å²) >= 11 is 0. The highest BCUT2D eigenvalue weighted by atomic mass is 16.5. The van der Waals surface area contributed by atoms with Crippen LogP contribution in [0.25, 0.3) is 0 Å². The Balaban J connectivity index is 1.88. The van der Waals surface area contributed by atoms with Gasteiger partial charge in [-0.05, 0) is 48.9 Å². The maximum atomic E-state index is 10.7. The second kappa shape index (κ2) is 7.34. The molecule has 0 radical (unpaired) electrons. The highest BCUT2D eigenvalue weighted by molar-refractivity contribution is 5.73. The van der Waals surface area contributed by atoms with Crippen LogP contribution in [0.5, 0.6) is 5.75 Å². The van der Waals surface area contributed by atoms with Crippen LogP contribution in [0.2, 0.25) is 0 Å². The van der Waals surface area contributed by atoms with Gasteiger partial charge in [-0.3, -0.25) is 4.79 Å². The number of ether oxygens (including phenoxy) is 1. The number of nitrogens with one attached hydrogen (secondary N) is 1. The molecule has 0 aliphatic heterocycles. The SMILES string of the molecule is CC1CCCC(C)C1Nc1ccc(OCCC(N)=O)cc1. The average molecular weight is 290 g/mol. The Bertz CT molecular complexity index is 448. The third kappa shape index (κ3) is 4.66. The Hall–Kier alpha value is -1.71. The van der Waals surface area contributed by atoms with Crippen molar-refractivity contribution in [3.63, 3.8) is 0 Å². The van der Waals surface area contributed by atoms with E-state index in [0.717, 1.165) is 11.4 Å². The average Bonchev–Trinajstić information content (AvgIpc) is 2.44. The van der Waals surface area contributed by atoms with Crippen LogP contribution >= 0.6 is 0 Å². The zero-order valence-electron chi connectivity index (χ0n) is 13.0.